The fraction of sp³-hybridized carbons (Fsp3) is 0.907. The molecule has 0 aromatic heterocycles. The van der Waals surface area contributed by atoms with Crippen LogP contribution in [-0.4, -0.2) is 89.0 Å². The molecule has 53 heavy (non-hydrogen) atoms. The molecule has 0 aromatic carbocycles. The quantitative estimate of drug-likeness (QED) is 0.0277. The zero-order valence-electron chi connectivity index (χ0n) is 33.8. The van der Waals surface area contributed by atoms with Crippen LogP contribution in [0.4, 0.5) is 0 Å². The lowest BCUT2D eigenvalue weighted by atomic mass is 9.99. The number of carbonyl (C=O) groups is 2. The van der Waals surface area contributed by atoms with Crippen molar-refractivity contribution >= 4 is 11.9 Å². The zero-order valence-corrected chi connectivity index (χ0v) is 33.8. The molecule has 4 N–H and O–H groups in total. The molecule has 312 valence electrons. The molecule has 0 spiro atoms. The normalized spacial score (nSPS) is 20.9. The van der Waals surface area contributed by atoms with E-state index >= 15 is 0 Å². The molecule has 6 atom stereocenters. The molecule has 1 heterocycles. The zero-order chi connectivity index (χ0) is 38.8. The van der Waals surface area contributed by atoms with Gasteiger partial charge in [0.1, 0.15) is 31.0 Å². The van der Waals surface area contributed by atoms with Crippen molar-refractivity contribution in [1.29, 1.82) is 0 Å². The third-order valence-electron chi connectivity index (χ3n) is 10.2. The monoisotopic (exact) mass is 757 g/mol. The maximum atomic E-state index is 12.7. The molecule has 1 rings (SSSR count). The van der Waals surface area contributed by atoms with Crippen LogP contribution in [0, 0.1) is 0 Å². The fourth-order valence-corrected chi connectivity index (χ4v) is 6.64. The summed E-state index contributed by atoms with van der Waals surface area (Å²) >= 11 is 0. The largest absolute Gasteiger partial charge is 0.462 e. The van der Waals surface area contributed by atoms with Crippen LogP contribution in [0.3, 0.4) is 0 Å². The van der Waals surface area contributed by atoms with E-state index in [0.29, 0.717) is 6.42 Å². The van der Waals surface area contributed by atoms with Crippen molar-refractivity contribution in [2.45, 2.75) is 230 Å². The highest BCUT2D eigenvalue weighted by molar-refractivity contribution is 5.70. The van der Waals surface area contributed by atoms with Crippen molar-refractivity contribution in [3.8, 4) is 0 Å². The van der Waals surface area contributed by atoms with E-state index in [1.54, 1.807) is 0 Å². The Kier molecular flexibility index (Phi) is 32.6. The summed E-state index contributed by atoms with van der Waals surface area (Å²) in [6.45, 7) is 3.39. The van der Waals surface area contributed by atoms with Crippen molar-refractivity contribution in [1.82, 2.24) is 0 Å². The Labute approximate surface area is 322 Å². The summed E-state index contributed by atoms with van der Waals surface area (Å²) in [6, 6.07) is 0. The highest BCUT2D eigenvalue weighted by Crippen LogP contribution is 2.23. The first-order valence-corrected chi connectivity index (χ1v) is 21.8. The number of aliphatic hydroxyl groups excluding tert-OH is 4. The first-order chi connectivity index (χ1) is 25.8. The lowest BCUT2D eigenvalue weighted by Gasteiger charge is -2.39. The first kappa shape index (κ1) is 49.5. The predicted molar refractivity (Wildman–Crippen MR) is 210 cm³/mol. The van der Waals surface area contributed by atoms with Crippen LogP contribution in [0.2, 0.25) is 0 Å². The van der Waals surface area contributed by atoms with Gasteiger partial charge in [-0.05, 0) is 32.1 Å². The van der Waals surface area contributed by atoms with Gasteiger partial charge in [0.25, 0.3) is 0 Å². The van der Waals surface area contributed by atoms with Gasteiger partial charge in [-0.1, -0.05) is 161 Å². The molecule has 0 amide bonds. The van der Waals surface area contributed by atoms with Gasteiger partial charge in [-0.2, -0.15) is 0 Å². The minimum absolute atomic E-state index is 0.217. The van der Waals surface area contributed by atoms with E-state index in [4.69, 9.17) is 18.9 Å². The maximum Gasteiger partial charge on any atom is 0.306 e. The second-order valence-corrected chi connectivity index (χ2v) is 15.2. The molecule has 2 unspecified atom stereocenters. The number of hydrogen-bond donors (Lipinski definition) is 4. The number of allylic oxidation sites excluding steroid dienone is 2. The van der Waals surface area contributed by atoms with E-state index in [2.05, 4.69) is 26.0 Å². The van der Waals surface area contributed by atoms with Crippen LogP contribution >= 0.6 is 0 Å². The third-order valence-corrected chi connectivity index (χ3v) is 10.2. The van der Waals surface area contributed by atoms with Gasteiger partial charge in [-0.25, -0.2) is 0 Å². The van der Waals surface area contributed by atoms with Crippen molar-refractivity contribution in [2.24, 2.45) is 0 Å². The third kappa shape index (κ3) is 26.8. The van der Waals surface area contributed by atoms with E-state index in [9.17, 15) is 30.0 Å². The number of unbranched alkanes of at least 4 members (excludes halogenated alkanes) is 23. The highest BCUT2D eigenvalue weighted by Gasteiger charge is 2.44. The molecule has 1 saturated heterocycles. The summed E-state index contributed by atoms with van der Waals surface area (Å²) in [7, 11) is 0. The Balaban J connectivity index is 2.32. The second kappa shape index (κ2) is 34.9. The average Bonchev–Trinajstić information content (AvgIpc) is 3.15. The Morgan fingerprint density at radius 3 is 1.53 bits per heavy atom. The molecule has 10 nitrogen and oxygen atoms in total. The first-order valence-electron chi connectivity index (χ1n) is 21.8. The van der Waals surface area contributed by atoms with Gasteiger partial charge in [-0.15, -0.1) is 0 Å². The molecule has 10 heteroatoms. The molecule has 0 saturated carbocycles. The van der Waals surface area contributed by atoms with Gasteiger partial charge in [0.15, 0.2) is 12.4 Å². The Hall–Kier alpha value is -1.56. The van der Waals surface area contributed by atoms with Crippen molar-refractivity contribution in [3.05, 3.63) is 12.2 Å². The summed E-state index contributed by atoms with van der Waals surface area (Å²) in [6.07, 6.45) is 27.9. The summed E-state index contributed by atoms with van der Waals surface area (Å²) in [5.41, 5.74) is 0. The molecule has 0 bridgehead atoms. The van der Waals surface area contributed by atoms with Crippen molar-refractivity contribution < 1.29 is 49.0 Å². The van der Waals surface area contributed by atoms with Gasteiger partial charge >= 0.3 is 11.9 Å². The Bertz CT molecular complexity index is 881. The smallest absolute Gasteiger partial charge is 0.306 e. The van der Waals surface area contributed by atoms with Gasteiger partial charge in [-0.3, -0.25) is 9.59 Å². The number of aliphatic hydroxyl groups is 4. The SMILES string of the molecule is CCCC/C=C/CCCCCCCC(=O)OC[C@H](CO[C@@H]1O[C@H](CO)[C@H](O)C(O)C1O)OC(=O)CCCCCCCCCCCCCCCCCCC. The lowest BCUT2D eigenvalue weighted by molar-refractivity contribution is -0.305. The molecular weight excluding hydrogens is 676 g/mol. The number of carbonyl (C=O) groups excluding carboxylic acids is 2. The number of ether oxygens (including phenoxy) is 4. The van der Waals surface area contributed by atoms with Gasteiger partial charge in [0, 0.05) is 12.8 Å². The molecule has 0 aromatic rings. The topological polar surface area (TPSA) is 152 Å². The van der Waals surface area contributed by atoms with Crippen LogP contribution in [0.15, 0.2) is 12.2 Å². The van der Waals surface area contributed by atoms with E-state index in [0.717, 1.165) is 64.2 Å². The Morgan fingerprint density at radius 2 is 1.02 bits per heavy atom. The van der Waals surface area contributed by atoms with Gasteiger partial charge < -0.3 is 39.4 Å². The summed E-state index contributed by atoms with van der Waals surface area (Å²) in [4.78, 5) is 25.2. The standard InChI is InChI=1S/C43H80O10/c1-3-5-7-9-11-13-15-16-17-18-19-20-22-24-26-28-30-32-39(46)52-36(35-51-43-42(49)41(48)40(47)37(33-44)53-43)34-50-38(45)31-29-27-25-23-21-14-12-10-8-6-4-2/h10,12,36-37,40-44,47-49H,3-9,11,13-35H2,1-2H3/b12-10+/t36-,37-,40+,41?,42?,43-/m1/s1. The molecule has 1 aliphatic rings. The summed E-state index contributed by atoms with van der Waals surface area (Å²) in [5.74, 6) is -0.810. The fourth-order valence-electron chi connectivity index (χ4n) is 6.64. The second-order valence-electron chi connectivity index (χ2n) is 15.2. The average molecular weight is 757 g/mol. The van der Waals surface area contributed by atoms with Crippen LogP contribution < -0.4 is 0 Å². The Morgan fingerprint density at radius 1 is 0.566 bits per heavy atom. The van der Waals surface area contributed by atoms with Gasteiger partial charge in [0.05, 0.1) is 13.2 Å². The van der Waals surface area contributed by atoms with Crippen molar-refractivity contribution in [2.75, 3.05) is 19.8 Å². The van der Waals surface area contributed by atoms with E-state index in [1.165, 1.54) is 96.3 Å². The summed E-state index contributed by atoms with van der Waals surface area (Å²) < 4.78 is 22.1. The molecule has 1 aliphatic heterocycles. The number of hydrogen-bond acceptors (Lipinski definition) is 10. The van der Waals surface area contributed by atoms with Gasteiger partial charge in [0.2, 0.25) is 0 Å². The van der Waals surface area contributed by atoms with Crippen LogP contribution in [-0.2, 0) is 28.5 Å². The predicted octanol–water partition coefficient (Wildman–Crippen LogP) is 8.78. The minimum Gasteiger partial charge on any atom is -0.462 e. The van der Waals surface area contributed by atoms with Crippen molar-refractivity contribution in [3.63, 3.8) is 0 Å². The molecule has 1 fully saturated rings. The van der Waals surface area contributed by atoms with Crippen LogP contribution in [0.1, 0.15) is 194 Å². The molecular formula is C43H80O10. The highest BCUT2D eigenvalue weighted by atomic mass is 16.7. The molecule has 0 aliphatic carbocycles. The minimum atomic E-state index is -1.59. The maximum absolute atomic E-state index is 12.7. The number of rotatable bonds is 36. The van der Waals surface area contributed by atoms with E-state index in [1.807, 2.05) is 0 Å². The van der Waals surface area contributed by atoms with E-state index < -0.39 is 49.4 Å². The van der Waals surface area contributed by atoms with Crippen LogP contribution in [0.5, 0.6) is 0 Å². The van der Waals surface area contributed by atoms with Crippen LogP contribution in [0.25, 0.3) is 0 Å². The lowest BCUT2D eigenvalue weighted by Crippen LogP contribution is -2.59. The number of esters is 2. The molecule has 0 radical (unpaired) electrons. The van der Waals surface area contributed by atoms with E-state index in [-0.39, 0.29) is 32.0 Å². The summed E-state index contributed by atoms with van der Waals surface area (Å²) in [5, 5.41) is 40.0.